The zero-order valence-corrected chi connectivity index (χ0v) is 33.0. The maximum Gasteiger partial charge on any atom is 0 e. The molecule has 0 aliphatic carbocycles. The number of hydrogen-bond donors (Lipinski definition) is 2. The molecule has 0 saturated carbocycles. The summed E-state index contributed by atoms with van der Waals surface area (Å²) in [4.78, 5) is 41.4. The van der Waals surface area contributed by atoms with E-state index in [1.807, 2.05) is 0 Å². The van der Waals surface area contributed by atoms with Gasteiger partial charge in [-0.25, -0.2) is 0 Å². The quantitative estimate of drug-likeness (QED) is 0.324. The molecule has 43 heavy (non-hydrogen) atoms. The fourth-order valence-electron chi connectivity index (χ4n) is 4.49. The van der Waals surface area contributed by atoms with Crippen LogP contribution in [0.4, 0.5) is 0 Å². The molecular weight excluding hydrogens is 718 g/mol. The van der Waals surface area contributed by atoms with E-state index in [9.17, 15) is 14.4 Å². The largest absolute Gasteiger partial charge is 0.358 e. The van der Waals surface area contributed by atoms with Crippen molar-refractivity contribution in [2.24, 2.45) is 18.5 Å². The van der Waals surface area contributed by atoms with Crippen LogP contribution in [0.2, 0.25) is 0 Å². The van der Waals surface area contributed by atoms with Gasteiger partial charge in [-0.15, -0.1) is 0 Å². The van der Waals surface area contributed by atoms with Gasteiger partial charge in [0, 0.05) is 81.0 Å². The summed E-state index contributed by atoms with van der Waals surface area (Å²) < 4.78 is 6.58. The number of aliphatic imine (C=N–C) groups is 1. The fraction of sp³-hybridized carbons (Fsp3) is 0.519. The second-order valence-electron chi connectivity index (χ2n) is 9.27. The number of carbonyl (C=O) groups excluding carboxylic acids is 2. The van der Waals surface area contributed by atoms with Crippen LogP contribution in [0.1, 0.15) is 52.9 Å². The Hall–Kier alpha value is -0.647. The summed E-state index contributed by atoms with van der Waals surface area (Å²) in [6.07, 6.45) is 5.99. The summed E-state index contributed by atoms with van der Waals surface area (Å²) in [6.45, 7) is 13.6. The number of rotatable bonds is 5. The zero-order chi connectivity index (χ0) is 30.6. The van der Waals surface area contributed by atoms with Gasteiger partial charge in [-0.1, -0.05) is 45.5 Å². The van der Waals surface area contributed by atoms with E-state index < -0.39 is 0 Å². The molecule has 2 N–H and O–H groups in total. The number of carbonyl (C=O) groups is 2. The van der Waals surface area contributed by atoms with Crippen molar-refractivity contribution in [1.29, 1.82) is 0 Å². The summed E-state index contributed by atoms with van der Waals surface area (Å²) in [5, 5.41) is 12.1. The van der Waals surface area contributed by atoms with Gasteiger partial charge >= 0.3 is 30.2 Å². The van der Waals surface area contributed by atoms with E-state index in [-0.39, 0.29) is 73.1 Å². The molecule has 2 amide bonds. The third kappa shape index (κ3) is 18.8. The molecule has 4 rings (SSSR count). The van der Waals surface area contributed by atoms with Crippen LogP contribution in [-0.2, 0) is 63.9 Å². The van der Waals surface area contributed by atoms with Crippen LogP contribution in [-0.4, -0.2) is 64.8 Å². The third-order valence-electron chi connectivity index (χ3n) is 6.30. The topological polar surface area (TPSA) is 127 Å². The Morgan fingerprint density at radius 1 is 1.14 bits per heavy atom. The molecule has 2 radical (unpaired) electrons. The summed E-state index contributed by atoms with van der Waals surface area (Å²) in [5.74, 6) is 1.38. The van der Waals surface area contributed by atoms with Gasteiger partial charge < -0.3 is 27.6 Å². The van der Waals surface area contributed by atoms with Gasteiger partial charge in [0.15, 0.2) is 5.75 Å². The molecule has 10 nitrogen and oxygen atoms in total. The Labute approximate surface area is 297 Å². The molecule has 3 heterocycles. The van der Waals surface area contributed by atoms with Gasteiger partial charge in [0.25, 0.3) is 0 Å². The summed E-state index contributed by atoms with van der Waals surface area (Å²) in [7, 11) is 7.06. The van der Waals surface area contributed by atoms with Crippen molar-refractivity contribution < 1.29 is 69.0 Å². The van der Waals surface area contributed by atoms with Gasteiger partial charge in [-0.3, -0.25) is 23.9 Å². The van der Waals surface area contributed by atoms with Crippen LogP contribution in [0.3, 0.4) is 0 Å². The Morgan fingerprint density at radius 2 is 1.67 bits per heavy atom. The van der Waals surface area contributed by atoms with Gasteiger partial charge in [0.05, 0.1) is 6.54 Å². The molecule has 0 aromatic heterocycles. The summed E-state index contributed by atoms with van der Waals surface area (Å²) in [6, 6.07) is 7.82. The number of nitrogens with zero attached hydrogens (tertiary/aromatic N) is 5. The van der Waals surface area contributed by atoms with Crippen LogP contribution < -0.4 is 10.7 Å². The van der Waals surface area contributed by atoms with Gasteiger partial charge in [-0.05, 0) is 56.0 Å². The first-order valence-corrected chi connectivity index (χ1v) is 15.1. The molecule has 0 bridgehead atoms. The molecule has 239 valence electrons. The Kier molecular flexibility index (Phi) is 33.0. The molecule has 2 fully saturated rings. The minimum atomic E-state index is -0.347. The zero-order valence-electron chi connectivity index (χ0n) is 25.5. The molecule has 3 unspecified atom stereocenters. The van der Waals surface area contributed by atoms with E-state index in [4.69, 9.17) is 5.11 Å². The molecule has 3 aliphatic heterocycles. The SMILES string of the molecule is C=CN1CCCC1=O.CCC(N1CCCC1=O)C(C)(C)C1=NCCN1.O=c1cccccc1O.P=NP.P[N]=[V].[CH3-].[V].[V]. The standard InChI is InChI=1S/C13H23N3O.C7H6O2.C6H9NO.CH3.H3NP2.H2NP.3V/c1-4-10(16-9-5-6-11(16)17)13(2,3)12-14-7-8-15-12;8-6-4-2-1-3-5-7(6)9;1-2-7-5-3-4-6(7)8;;2-1-3;1-2;;;/h10H,4-9H2,1-3H3,(H,14,15);1-5H,(H,8,9);2H,1,3-5H2;1H3;2H,3H2;2H2;;;/q;;;-1;;;;;. The van der Waals surface area contributed by atoms with Crippen molar-refractivity contribution in [2.75, 3.05) is 26.2 Å². The van der Waals surface area contributed by atoms with Crippen molar-refractivity contribution >= 4 is 45.5 Å². The third-order valence-corrected chi connectivity index (χ3v) is 6.30. The van der Waals surface area contributed by atoms with Crippen molar-refractivity contribution in [1.82, 2.24) is 15.1 Å². The predicted molar refractivity (Wildman–Crippen MR) is 174 cm³/mol. The van der Waals surface area contributed by atoms with E-state index in [0.717, 1.165) is 51.3 Å². The minimum absolute atomic E-state index is 0. The van der Waals surface area contributed by atoms with E-state index in [2.05, 4.69) is 95.7 Å². The van der Waals surface area contributed by atoms with E-state index in [1.165, 1.54) is 12.1 Å². The Bertz CT molecular complexity index is 1060. The van der Waals surface area contributed by atoms with Gasteiger partial charge in [0.2, 0.25) is 17.2 Å². The molecule has 1 aromatic carbocycles. The predicted octanol–water partition coefficient (Wildman–Crippen LogP) is 4.98. The second kappa shape index (κ2) is 28.8. The summed E-state index contributed by atoms with van der Waals surface area (Å²) >= 11 is 2.05. The second-order valence-corrected chi connectivity index (χ2v) is 11.6. The van der Waals surface area contributed by atoms with Crippen LogP contribution >= 0.6 is 27.8 Å². The van der Waals surface area contributed by atoms with Crippen LogP contribution in [0.5, 0.6) is 5.75 Å². The fourth-order valence-corrected chi connectivity index (χ4v) is 4.49. The van der Waals surface area contributed by atoms with Crippen molar-refractivity contribution in [2.45, 2.75) is 58.9 Å². The normalized spacial score (nSPS) is 15.0. The number of nitrogens with one attached hydrogen (secondary N) is 1. The number of aromatic hydroxyl groups is 1. The molecule has 3 aliphatic rings. The van der Waals surface area contributed by atoms with Crippen LogP contribution in [0.15, 0.2) is 61.0 Å². The molecule has 0 spiro atoms. The van der Waals surface area contributed by atoms with Gasteiger partial charge in [-0.2, -0.15) is 0 Å². The maximum atomic E-state index is 11.9. The number of hydrogen-bond acceptors (Lipinski definition) is 8. The number of likely N-dealkylation sites (tertiary alicyclic amines) is 2. The number of amides is 2. The average Bonchev–Trinajstić information content (AvgIpc) is 3.67. The first kappa shape index (κ1) is 49.2. The van der Waals surface area contributed by atoms with Crippen molar-refractivity contribution in [3.63, 3.8) is 0 Å². The van der Waals surface area contributed by atoms with Crippen LogP contribution in [0, 0.1) is 12.8 Å². The minimum Gasteiger partial charge on any atom is -0.358 e. The Balaban J connectivity index is -0.000000251. The molecule has 16 heteroatoms. The van der Waals surface area contributed by atoms with E-state index in [0.29, 0.717) is 18.7 Å². The smallest absolute Gasteiger partial charge is 0 e. The Morgan fingerprint density at radius 3 is 2.07 bits per heavy atom. The molecular formula is C27H46N6O4P3V3-. The van der Waals surface area contributed by atoms with Crippen LogP contribution in [0.25, 0.3) is 0 Å². The van der Waals surface area contributed by atoms with Crippen molar-refractivity contribution in [3.05, 3.63) is 60.8 Å². The first-order valence-electron chi connectivity index (χ1n) is 12.9. The average molecular weight is 764 g/mol. The first-order chi connectivity index (χ1) is 19.0. The van der Waals surface area contributed by atoms with Crippen molar-refractivity contribution in [3.8, 4) is 5.75 Å². The van der Waals surface area contributed by atoms with E-state index >= 15 is 0 Å². The maximum absolute atomic E-state index is 11.9. The monoisotopic (exact) mass is 764 g/mol. The van der Waals surface area contributed by atoms with E-state index in [1.54, 1.807) is 29.3 Å². The number of amidine groups is 1. The molecule has 1 aromatic rings. The van der Waals surface area contributed by atoms with Gasteiger partial charge in [0.1, 0.15) is 5.84 Å². The molecule has 2 saturated heterocycles. The molecule has 3 atom stereocenters. The summed E-state index contributed by atoms with van der Waals surface area (Å²) in [5.41, 5.74) is -0.411.